The maximum Gasteiger partial charge on any atom is 0.422 e. The molecule has 2 amide bonds. The molecule has 1 aromatic rings. The van der Waals surface area contributed by atoms with Crippen LogP contribution in [0.3, 0.4) is 0 Å². The number of pyridine rings is 1. The second kappa shape index (κ2) is 8.76. The van der Waals surface area contributed by atoms with Crippen molar-refractivity contribution in [2.24, 2.45) is 0 Å². The number of hydrogen-bond donors (Lipinski definition) is 1. The Morgan fingerprint density at radius 3 is 2.29 bits per heavy atom. The predicted octanol–water partition coefficient (Wildman–Crippen LogP) is 1.70. The van der Waals surface area contributed by atoms with Crippen molar-refractivity contribution < 1.29 is 27.5 Å². The van der Waals surface area contributed by atoms with Crippen LogP contribution in [0.25, 0.3) is 0 Å². The van der Waals surface area contributed by atoms with Gasteiger partial charge >= 0.3 is 6.18 Å². The Bertz CT molecular complexity index is 679. The van der Waals surface area contributed by atoms with Crippen molar-refractivity contribution >= 4 is 11.8 Å². The van der Waals surface area contributed by atoms with E-state index in [4.69, 9.17) is 0 Å². The second-order valence-electron chi connectivity index (χ2n) is 7.66. The van der Waals surface area contributed by atoms with E-state index in [9.17, 15) is 22.8 Å². The molecule has 1 saturated heterocycles. The molecule has 0 bridgehead atoms. The molecule has 10 heteroatoms. The zero-order chi connectivity index (χ0) is 20.9. The van der Waals surface area contributed by atoms with Gasteiger partial charge < -0.3 is 15.0 Å². The summed E-state index contributed by atoms with van der Waals surface area (Å²) in [7, 11) is 0. The third-order valence-corrected chi connectivity index (χ3v) is 3.91. The Morgan fingerprint density at radius 2 is 1.79 bits per heavy atom. The summed E-state index contributed by atoms with van der Waals surface area (Å²) in [5.41, 5.74) is -0.0176. The van der Waals surface area contributed by atoms with Gasteiger partial charge in [0.05, 0.1) is 12.1 Å². The standard InChI is InChI=1S/C18H25F3N4O3/c1-17(2,3)23-14(26)11-24-6-8-25(9-7-24)16(27)13-4-5-15(22-10-13)28-12-18(19,20)21/h4-5,10H,6-9,11-12H2,1-3H3,(H,23,26). The van der Waals surface area contributed by atoms with Crippen LogP contribution in [0.5, 0.6) is 5.88 Å². The topological polar surface area (TPSA) is 74.8 Å². The van der Waals surface area contributed by atoms with E-state index < -0.39 is 12.8 Å². The summed E-state index contributed by atoms with van der Waals surface area (Å²) in [6, 6.07) is 2.64. The lowest BCUT2D eigenvalue weighted by atomic mass is 10.1. The molecule has 0 unspecified atom stereocenters. The molecular formula is C18H25F3N4O3. The van der Waals surface area contributed by atoms with Crippen LogP contribution < -0.4 is 10.1 Å². The Labute approximate surface area is 161 Å². The fraction of sp³-hybridized carbons (Fsp3) is 0.611. The molecule has 1 aromatic heterocycles. The monoisotopic (exact) mass is 402 g/mol. The fourth-order valence-corrected chi connectivity index (χ4v) is 2.70. The van der Waals surface area contributed by atoms with Gasteiger partial charge in [-0.3, -0.25) is 14.5 Å². The molecule has 0 aliphatic carbocycles. The zero-order valence-corrected chi connectivity index (χ0v) is 16.2. The van der Waals surface area contributed by atoms with Crippen molar-refractivity contribution in [2.75, 3.05) is 39.3 Å². The van der Waals surface area contributed by atoms with Crippen molar-refractivity contribution in [3.63, 3.8) is 0 Å². The summed E-state index contributed by atoms with van der Waals surface area (Å²) < 4.78 is 41.0. The van der Waals surface area contributed by atoms with Gasteiger partial charge in [-0.25, -0.2) is 4.98 Å². The number of piperazine rings is 1. The third-order valence-electron chi connectivity index (χ3n) is 3.91. The number of halogens is 3. The maximum absolute atomic E-state index is 12.5. The highest BCUT2D eigenvalue weighted by Crippen LogP contribution is 2.17. The number of amides is 2. The first-order chi connectivity index (χ1) is 12.9. The summed E-state index contributed by atoms with van der Waals surface area (Å²) in [6.07, 6.45) is -3.24. The van der Waals surface area contributed by atoms with E-state index >= 15 is 0 Å². The predicted molar refractivity (Wildman–Crippen MR) is 96.0 cm³/mol. The summed E-state index contributed by atoms with van der Waals surface area (Å²) in [6.45, 7) is 6.60. The lowest BCUT2D eigenvalue weighted by molar-refractivity contribution is -0.154. The maximum atomic E-state index is 12.5. The largest absolute Gasteiger partial charge is 0.468 e. The van der Waals surface area contributed by atoms with Crippen LogP contribution in [0.15, 0.2) is 18.3 Å². The van der Waals surface area contributed by atoms with Gasteiger partial charge in [-0.05, 0) is 26.8 Å². The van der Waals surface area contributed by atoms with Gasteiger partial charge in [0.15, 0.2) is 6.61 Å². The number of aromatic nitrogens is 1. The molecule has 28 heavy (non-hydrogen) atoms. The minimum atomic E-state index is -4.44. The van der Waals surface area contributed by atoms with E-state index in [-0.39, 0.29) is 35.3 Å². The van der Waals surface area contributed by atoms with Crippen LogP contribution in [-0.4, -0.2) is 77.6 Å². The number of nitrogens with zero attached hydrogens (tertiary/aromatic N) is 3. The van der Waals surface area contributed by atoms with Gasteiger partial charge in [-0.15, -0.1) is 0 Å². The lowest BCUT2D eigenvalue weighted by Crippen LogP contribution is -2.52. The lowest BCUT2D eigenvalue weighted by Gasteiger charge is -2.34. The van der Waals surface area contributed by atoms with Crippen LogP contribution in [0.4, 0.5) is 13.2 Å². The highest BCUT2D eigenvalue weighted by atomic mass is 19.4. The summed E-state index contributed by atoms with van der Waals surface area (Å²) in [4.78, 5) is 31.9. The van der Waals surface area contributed by atoms with Gasteiger partial charge in [0.2, 0.25) is 11.8 Å². The van der Waals surface area contributed by atoms with Crippen molar-refractivity contribution in [3.05, 3.63) is 23.9 Å². The Balaban J connectivity index is 1.82. The Kier molecular flexibility index (Phi) is 6.87. The normalized spacial score (nSPS) is 16.0. The molecule has 1 aliphatic rings. The average molecular weight is 402 g/mol. The fourth-order valence-electron chi connectivity index (χ4n) is 2.70. The number of ether oxygens (including phenoxy) is 1. The molecule has 0 radical (unpaired) electrons. The number of hydrogen-bond acceptors (Lipinski definition) is 5. The average Bonchev–Trinajstić information content (AvgIpc) is 2.58. The van der Waals surface area contributed by atoms with Gasteiger partial charge in [0.1, 0.15) is 0 Å². The van der Waals surface area contributed by atoms with E-state index in [1.807, 2.05) is 25.7 Å². The van der Waals surface area contributed by atoms with Crippen LogP contribution in [0.2, 0.25) is 0 Å². The van der Waals surface area contributed by atoms with Crippen molar-refractivity contribution in [3.8, 4) is 5.88 Å². The van der Waals surface area contributed by atoms with E-state index in [1.165, 1.54) is 18.3 Å². The molecule has 1 N–H and O–H groups in total. The highest BCUT2D eigenvalue weighted by molar-refractivity contribution is 5.94. The number of carbonyl (C=O) groups excluding carboxylic acids is 2. The van der Waals surface area contributed by atoms with Crippen molar-refractivity contribution in [1.82, 2.24) is 20.1 Å². The summed E-state index contributed by atoms with van der Waals surface area (Å²) in [5.74, 6) is -0.511. The molecule has 0 atom stereocenters. The third kappa shape index (κ3) is 7.34. The SMILES string of the molecule is CC(C)(C)NC(=O)CN1CCN(C(=O)c2ccc(OCC(F)(F)F)nc2)CC1. The zero-order valence-electron chi connectivity index (χ0n) is 16.2. The molecule has 0 aromatic carbocycles. The number of alkyl halides is 3. The molecule has 1 aliphatic heterocycles. The van der Waals surface area contributed by atoms with Crippen LogP contribution in [0, 0.1) is 0 Å². The van der Waals surface area contributed by atoms with Crippen LogP contribution in [-0.2, 0) is 4.79 Å². The summed E-state index contributed by atoms with van der Waals surface area (Å²) in [5, 5.41) is 2.90. The van der Waals surface area contributed by atoms with Crippen molar-refractivity contribution in [1.29, 1.82) is 0 Å². The molecule has 2 heterocycles. The number of rotatable bonds is 5. The Hall–Kier alpha value is -2.36. The van der Waals surface area contributed by atoms with E-state index in [1.54, 1.807) is 4.90 Å². The highest BCUT2D eigenvalue weighted by Gasteiger charge is 2.29. The Morgan fingerprint density at radius 1 is 1.14 bits per heavy atom. The van der Waals surface area contributed by atoms with Gasteiger partial charge in [-0.1, -0.05) is 0 Å². The van der Waals surface area contributed by atoms with Gasteiger partial charge in [0, 0.05) is 44.0 Å². The number of nitrogens with one attached hydrogen (secondary N) is 1. The first kappa shape index (κ1) is 21.9. The second-order valence-corrected chi connectivity index (χ2v) is 7.66. The number of carbonyl (C=O) groups is 2. The molecule has 7 nitrogen and oxygen atoms in total. The molecular weight excluding hydrogens is 377 g/mol. The molecule has 2 rings (SSSR count). The smallest absolute Gasteiger partial charge is 0.422 e. The molecule has 0 saturated carbocycles. The first-order valence-corrected chi connectivity index (χ1v) is 8.91. The minimum Gasteiger partial charge on any atom is -0.468 e. The van der Waals surface area contributed by atoms with E-state index in [2.05, 4.69) is 15.0 Å². The minimum absolute atomic E-state index is 0.0640. The van der Waals surface area contributed by atoms with Gasteiger partial charge in [0.25, 0.3) is 5.91 Å². The first-order valence-electron chi connectivity index (χ1n) is 8.91. The van der Waals surface area contributed by atoms with Crippen LogP contribution in [0.1, 0.15) is 31.1 Å². The summed E-state index contributed by atoms with van der Waals surface area (Å²) >= 11 is 0. The van der Waals surface area contributed by atoms with Crippen LogP contribution >= 0.6 is 0 Å². The van der Waals surface area contributed by atoms with E-state index in [0.717, 1.165) is 0 Å². The van der Waals surface area contributed by atoms with E-state index in [0.29, 0.717) is 26.2 Å². The van der Waals surface area contributed by atoms with Crippen molar-refractivity contribution in [2.45, 2.75) is 32.5 Å². The van der Waals surface area contributed by atoms with Gasteiger partial charge in [-0.2, -0.15) is 13.2 Å². The molecule has 1 fully saturated rings. The molecule has 156 valence electrons. The molecule has 0 spiro atoms. The quantitative estimate of drug-likeness (QED) is 0.812.